The topological polar surface area (TPSA) is 76.7 Å². The molecule has 0 aromatic heterocycles. The van der Waals surface area contributed by atoms with Crippen LogP contribution in [0.2, 0.25) is 0 Å². The molecule has 2 amide bonds. The largest absolute Gasteiger partial charge is 0.493 e. The smallest absolute Gasteiger partial charge is 0.279 e. The van der Waals surface area contributed by atoms with Crippen molar-refractivity contribution < 1.29 is 19.1 Å². The summed E-state index contributed by atoms with van der Waals surface area (Å²) in [4.78, 5) is 23.8. The van der Waals surface area contributed by atoms with Crippen LogP contribution in [0.5, 0.6) is 11.5 Å². The molecule has 0 saturated carbocycles. The van der Waals surface area contributed by atoms with Crippen molar-refractivity contribution >= 4 is 11.8 Å². The van der Waals surface area contributed by atoms with Gasteiger partial charge in [0.15, 0.2) is 17.6 Å². The number of rotatable bonds is 7. The maximum Gasteiger partial charge on any atom is 0.279 e. The van der Waals surface area contributed by atoms with E-state index in [-0.39, 0.29) is 12.3 Å². The average molecular weight is 342 g/mol. The van der Waals surface area contributed by atoms with Gasteiger partial charge in [-0.05, 0) is 31.0 Å². The lowest BCUT2D eigenvalue weighted by Crippen LogP contribution is -2.47. The van der Waals surface area contributed by atoms with E-state index in [2.05, 4.69) is 10.9 Å². The van der Waals surface area contributed by atoms with Gasteiger partial charge in [-0.2, -0.15) is 0 Å². The standard InChI is InChI=1S/C19H22N2O4/c1-14(25-17-11-7-6-10-16(17)24-2)19(23)21-20-18(22)13-12-15-8-4-3-5-9-15/h3-11,14H,12-13H2,1-2H3,(H,20,22)(H,21,23). The van der Waals surface area contributed by atoms with Gasteiger partial charge < -0.3 is 9.47 Å². The molecule has 0 aliphatic rings. The summed E-state index contributed by atoms with van der Waals surface area (Å²) >= 11 is 0. The summed E-state index contributed by atoms with van der Waals surface area (Å²) < 4.78 is 10.7. The lowest BCUT2D eigenvalue weighted by molar-refractivity contribution is -0.132. The van der Waals surface area contributed by atoms with Crippen LogP contribution in [0.15, 0.2) is 54.6 Å². The predicted octanol–water partition coefficient (Wildman–Crippen LogP) is 2.24. The first-order valence-electron chi connectivity index (χ1n) is 8.02. The van der Waals surface area contributed by atoms with Crippen LogP contribution >= 0.6 is 0 Å². The second kappa shape index (κ2) is 9.32. The zero-order valence-corrected chi connectivity index (χ0v) is 14.3. The minimum atomic E-state index is -0.786. The fourth-order valence-corrected chi connectivity index (χ4v) is 2.16. The second-order valence-electron chi connectivity index (χ2n) is 5.43. The molecule has 25 heavy (non-hydrogen) atoms. The molecule has 6 nitrogen and oxygen atoms in total. The molecule has 2 aromatic rings. The summed E-state index contributed by atoms with van der Waals surface area (Å²) in [5, 5.41) is 0. The van der Waals surface area contributed by atoms with Gasteiger partial charge in [-0.15, -0.1) is 0 Å². The number of hydrogen-bond acceptors (Lipinski definition) is 4. The third-order valence-electron chi connectivity index (χ3n) is 3.55. The van der Waals surface area contributed by atoms with E-state index in [1.165, 1.54) is 7.11 Å². The van der Waals surface area contributed by atoms with Crippen LogP contribution in [-0.4, -0.2) is 25.0 Å². The molecule has 0 fully saturated rings. The second-order valence-corrected chi connectivity index (χ2v) is 5.43. The minimum Gasteiger partial charge on any atom is -0.493 e. The van der Waals surface area contributed by atoms with Gasteiger partial charge in [0.2, 0.25) is 5.91 Å². The Kier molecular flexibility index (Phi) is 6.83. The molecule has 2 rings (SSSR count). The van der Waals surface area contributed by atoms with Gasteiger partial charge >= 0.3 is 0 Å². The first kappa shape index (κ1) is 18.3. The average Bonchev–Trinajstić information content (AvgIpc) is 2.65. The highest BCUT2D eigenvalue weighted by atomic mass is 16.5. The first-order valence-corrected chi connectivity index (χ1v) is 8.02. The summed E-state index contributed by atoms with van der Waals surface area (Å²) in [5.41, 5.74) is 5.84. The lowest BCUT2D eigenvalue weighted by atomic mass is 10.1. The van der Waals surface area contributed by atoms with Gasteiger partial charge in [0.1, 0.15) is 0 Å². The van der Waals surface area contributed by atoms with Crippen LogP contribution in [0.3, 0.4) is 0 Å². The number of methoxy groups -OCH3 is 1. The van der Waals surface area contributed by atoms with Gasteiger partial charge in [-0.25, -0.2) is 0 Å². The Morgan fingerprint density at radius 3 is 2.28 bits per heavy atom. The van der Waals surface area contributed by atoms with Crippen LogP contribution in [0.25, 0.3) is 0 Å². The third-order valence-corrected chi connectivity index (χ3v) is 3.55. The maximum absolute atomic E-state index is 12.0. The minimum absolute atomic E-state index is 0.262. The first-order chi connectivity index (χ1) is 12.1. The number of ether oxygens (including phenoxy) is 2. The quantitative estimate of drug-likeness (QED) is 0.757. The normalized spacial score (nSPS) is 11.3. The number of hydrogen-bond donors (Lipinski definition) is 2. The van der Waals surface area contributed by atoms with Gasteiger partial charge in [-0.3, -0.25) is 20.4 Å². The molecule has 0 saturated heterocycles. The van der Waals surface area contributed by atoms with Gasteiger partial charge in [0, 0.05) is 6.42 Å². The summed E-state index contributed by atoms with van der Waals surface area (Å²) in [7, 11) is 1.53. The van der Waals surface area contributed by atoms with E-state index >= 15 is 0 Å². The highest BCUT2D eigenvalue weighted by Crippen LogP contribution is 2.26. The van der Waals surface area contributed by atoms with E-state index < -0.39 is 12.0 Å². The summed E-state index contributed by atoms with van der Waals surface area (Å²) in [6.07, 6.45) is 0.104. The molecule has 1 atom stereocenters. The molecule has 0 spiro atoms. The van der Waals surface area contributed by atoms with Crippen molar-refractivity contribution in [1.82, 2.24) is 10.9 Å². The molecule has 0 heterocycles. The number of hydrazine groups is 1. The van der Waals surface area contributed by atoms with Crippen molar-refractivity contribution in [2.45, 2.75) is 25.9 Å². The van der Waals surface area contributed by atoms with Crippen molar-refractivity contribution in [1.29, 1.82) is 0 Å². The zero-order valence-electron chi connectivity index (χ0n) is 14.3. The molecule has 2 aromatic carbocycles. The van der Waals surface area contributed by atoms with Crippen molar-refractivity contribution in [2.75, 3.05) is 7.11 Å². The molecule has 132 valence electrons. The molecule has 1 unspecified atom stereocenters. The number of amides is 2. The Balaban J connectivity index is 1.76. The number of benzene rings is 2. The Bertz CT molecular complexity index is 704. The fourth-order valence-electron chi connectivity index (χ4n) is 2.16. The van der Waals surface area contributed by atoms with Crippen molar-refractivity contribution in [3.8, 4) is 11.5 Å². The zero-order chi connectivity index (χ0) is 18.1. The van der Waals surface area contributed by atoms with E-state index in [0.717, 1.165) is 5.56 Å². The SMILES string of the molecule is COc1ccccc1OC(C)C(=O)NNC(=O)CCc1ccccc1. The molecular formula is C19H22N2O4. The summed E-state index contributed by atoms with van der Waals surface area (Å²) in [6, 6.07) is 16.7. The van der Waals surface area contributed by atoms with E-state index in [9.17, 15) is 9.59 Å². The number of nitrogens with one attached hydrogen (secondary N) is 2. The van der Waals surface area contributed by atoms with Gasteiger partial charge in [0.25, 0.3) is 5.91 Å². The van der Waals surface area contributed by atoms with E-state index in [4.69, 9.17) is 9.47 Å². The molecule has 0 bridgehead atoms. The van der Waals surface area contributed by atoms with E-state index in [1.807, 2.05) is 36.4 Å². The molecular weight excluding hydrogens is 320 g/mol. The Morgan fingerprint density at radius 1 is 0.960 bits per heavy atom. The number of carbonyl (C=O) groups is 2. The summed E-state index contributed by atoms with van der Waals surface area (Å²) in [5.74, 6) is 0.290. The molecule has 0 aliphatic heterocycles. The van der Waals surface area contributed by atoms with Crippen LogP contribution in [0.1, 0.15) is 18.9 Å². The molecule has 0 aliphatic carbocycles. The van der Waals surface area contributed by atoms with E-state index in [1.54, 1.807) is 25.1 Å². The van der Waals surface area contributed by atoms with Gasteiger partial charge in [0.05, 0.1) is 7.11 Å². The number of aryl methyl sites for hydroxylation is 1. The van der Waals surface area contributed by atoms with Crippen LogP contribution < -0.4 is 20.3 Å². The van der Waals surface area contributed by atoms with Crippen LogP contribution in [0, 0.1) is 0 Å². The Hall–Kier alpha value is -3.02. The maximum atomic E-state index is 12.0. The van der Waals surface area contributed by atoms with Crippen LogP contribution in [-0.2, 0) is 16.0 Å². The fraction of sp³-hybridized carbons (Fsp3) is 0.263. The van der Waals surface area contributed by atoms with Crippen molar-refractivity contribution in [2.24, 2.45) is 0 Å². The number of carbonyl (C=O) groups excluding carboxylic acids is 2. The van der Waals surface area contributed by atoms with Crippen molar-refractivity contribution in [3.05, 3.63) is 60.2 Å². The third kappa shape index (κ3) is 5.84. The van der Waals surface area contributed by atoms with Gasteiger partial charge in [-0.1, -0.05) is 42.5 Å². The van der Waals surface area contributed by atoms with E-state index in [0.29, 0.717) is 17.9 Å². The highest BCUT2D eigenvalue weighted by molar-refractivity contribution is 5.84. The van der Waals surface area contributed by atoms with Crippen molar-refractivity contribution in [3.63, 3.8) is 0 Å². The monoisotopic (exact) mass is 342 g/mol. The highest BCUT2D eigenvalue weighted by Gasteiger charge is 2.17. The summed E-state index contributed by atoms with van der Waals surface area (Å²) in [6.45, 7) is 1.60. The molecule has 6 heteroatoms. The Morgan fingerprint density at radius 2 is 1.60 bits per heavy atom. The Labute approximate surface area is 147 Å². The van der Waals surface area contributed by atoms with Crippen LogP contribution in [0.4, 0.5) is 0 Å². The lowest BCUT2D eigenvalue weighted by Gasteiger charge is -2.16. The number of para-hydroxylation sites is 2. The molecule has 2 N–H and O–H groups in total. The predicted molar refractivity (Wildman–Crippen MR) is 94.1 cm³/mol. The molecule has 0 radical (unpaired) electrons.